The fraction of sp³-hybridized carbons (Fsp3) is 0.100. The molecule has 5 nitrogen and oxygen atoms in total. The minimum Gasteiger partial charge on any atom is -0.492 e. The molecule has 1 heterocycles. The summed E-state index contributed by atoms with van der Waals surface area (Å²) >= 11 is 0. The number of nitrogens with zero attached hydrogens (tertiary/aromatic N) is 1. The van der Waals surface area contributed by atoms with E-state index in [0.29, 0.717) is 30.3 Å². The van der Waals surface area contributed by atoms with Gasteiger partial charge in [0.15, 0.2) is 0 Å². The van der Waals surface area contributed by atoms with Crippen molar-refractivity contribution in [2.45, 2.75) is 0 Å². The van der Waals surface area contributed by atoms with Crippen LogP contribution in [0.3, 0.4) is 0 Å². The summed E-state index contributed by atoms with van der Waals surface area (Å²) in [5.41, 5.74) is 0.472. The first-order valence-corrected chi connectivity index (χ1v) is 7.96. The normalized spacial score (nSPS) is 10.1. The van der Waals surface area contributed by atoms with Crippen LogP contribution >= 0.6 is 0 Å². The van der Waals surface area contributed by atoms with E-state index in [2.05, 4.69) is 10.3 Å². The number of carbonyl (C=O) groups excluding carboxylic acids is 1. The van der Waals surface area contributed by atoms with E-state index in [1.165, 1.54) is 6.20 Å². The molecule has 25 heavy (non-hydrogen) atoms. The zero-order valence-electron chi connectivity index (χ0n) is 13.6. The molecule has 0 saturated carbocycles. The van der Waals surface area contributed by atoms with Crippen LogP contribution in [0.4, 0.5) is 0 Å². The van der Waals surface area contributed by atoms with Crippen LogP contribution < -0.4 is 14.8 Å². The number of aromatic nitrogens is 1. The molecule has 2 aromatic carbocycles. The molecule has 0 bridgehead atoms. The predicted molar refractivity (Wildman–Crippen MR) is 95.0 cm³/mol. The lowest BCUT2D eigenvalue weighted by molar-refractivity contribution is 0.0946. The van der Waals surface area contributed by atoms with Crippen LogP contribution in [-0.2, 0) is 0 Å². The van der Waals surface area contributed by atoms with Crippen LogP contribution in [-0.4, -0.2) is 24.0 Å². The van der Waals surface area contributed by atoms with Crippen molar-refractivity contribution in [2.24, 2.45) is 0 Å². The summed E-state index contributed by atoms with van der Waals surface area (Å²) in [7, 11) is 0. The summed E-state index contributed by atoms with van der Waals surface area (Å²) in [4.78, 5) is 16.2. The zero-order valence-corrected chi connectivity index (χ0v) is 13.6. The molecule has 0 aliphatic carbocycles. The number of ether oxygens (including phenoxy) is 2. The monoisotopic (exact) mass is 334 g/mol. The molecule has 0 aliphatic heterocycles. The van der Waals surface area contributed by atoms with Gasteiger partial charge in [0.1, 0.15) is 18.1 Å². The maximum absolute atomic E-state index is 12.1. The molecule has 1 amide bonds. The van der Waals surface area contributed by atoms with Gasteiger partial charge in [-0.2, -0.15) is 0 Å². The highest BCUT2D eigenvalue weighted by Crippen LogP contribution is 2.18. The summed E-state index contributed by atoms with van der Waals surface area (Å²) in [5.74, 6) is 1.72. The molecule has 0 radical (unpaired) electrons. The van der Waals surface area contributed by atoms with Crippen LogP contribution in [0.2, 0.25) is 0 Å². The van der Waals surface area contributed by atoms with Crippen molar-refractivity contribution in [1.29, 1.82) is 0 Å². The first kappa shape index (κ1) is 16.5. The van der Waals surface area contributed by atoms with Crippen molar-refractivity contribution in [3.63, 3.8) is 0 Å². The van der Waals surface area contributed by atoms with Gasteiger partial charge in [-0.1, -0.05) is 36.4 Å². The molecule has 0 spiro atoms. The molecule has 1 N–H and O–H groups in total. The van der Waals surface area contributed by atoms with Crippen molar-refractivity contribution in [3.8, 4) is 17.4 Å². The zero-order chi connectivity index (χ0) is 17.3. The van der Waals surface area contributed by atoms with Crippen molar-refractivity contribution in [2.75, 3.05) is 13.2 Å². The van der Waals surface area contributed by atoms with Crippen LogP contribution in [0.5, 0.6) is 17.4 Å². The third kappa shape index (κ3) is 5.07. The summed E-state index contributed by atoms with van der Waals surface area (Å²) in [5, 5.41) is 2.79. The lowest BCUT2D eigenvalue weighted by atomic mass is 10.2. The van der Waals surface area contributed by atoms with Crippen LogP contribution in [0, 0.1) is 0 Å². The minimum absolute atomic E-state index is 0.199. The molecule has 1 aromatic heterocycles. The molecule has 126 valence electrons. The number of pyridine rings is 1. The van der Waals surface area contributed by atoms with Crippen LogP contribution in [0.15, 0.2) is 79.0 Å². The van der Waals surface area contributed by atoms with Crippen molar-refractivity contribution >= 4 is 5.91 Å². The summed E-state index contributed by atoms with van der Waals surface area (Å²) in [6.07, 6.45) is 1.49. The SMILES string of the molecule is O=C(NCCOc1ccccc1)c1ccc(Oc2ccccc2)nc1. The Morgan fingerprint density at radius 1 is 0.880 bits per heavy atom. The Morgan fingerprint density at radius 3 is 2.20 bits per heavy atom. The minimum atomic E-state index is -0.199. The molecular weight excluding hydrogens is 316 g/mol. The standard InChI is InChI=1S/C20H18N2O3/c23-20(21-13-14-24-17-7-3-1-4-8-17)16-11-12-19(22-15-16)25-18-9-5-2-6-10-18/h1-12,15H,13-14H2,(H,21,23). The second kappa shape index (κ2) is 8.49. The van der Waals surface area contributed by atoms with E-state index in [9.17, 15) is 4.79 Å². The number of amides is 1. The van der Waals surface area contributed by atoms with Gasteiger partial charge < -0.3 is 14.8 Å². The highest BCUT2D eigenvalue weighted by Gasteiger charge is 2.06. The maximum atomic E-state index is 12.1. The van der Waals surface area contributed by atoms with Crippen molar-refractivity contribution in [1.82, 2.24) is 10.3 Å². The predicted octanol–water partition coefficient (Wildman–Crippen LogP) is 3.68. The Hall–Kier alpha value is -3.34. The molecule has 0 unspecified atom stereocenters. The smallest absolute Gasteiger partial charge is 0.252 e. The number of hydrogen-bond donors (Lipinski definition) is 1. The number of carbonyl (C=O) groups is 1. The number of hydrogen-bond acceptors (Lipinski definition) is 4. The van der Waals surface area contributed by atoms with Gasteiger partial charge in [-0.3, -0.25) is 4.79 Å². The number of rotatable bonds is 7. The van der Waals surface area contributed by atoms with E-state index in [4.69, 9.17) is 9.47 Å². The van der Waals surface area contributed by atoms with Gasteiger partial charge in [-0.05, 0) is 30.3 Å². The van der Waals surface area contributed by atoms with Gasteiger partial charge in [0, 0.05) is 12.3 Å². The quantitative estimate of drug-likeness (QED) is 0.670. The maximum Gasteiger partial charge on any atom is 0.252 e. The Labute approximate surface area is 146 Å². The Balaban J connectivity index is 1.46. The molecule has 0 atom stereocenters. The third-order valence-electron chi connectivity index (χ3n) is 3.36. The van der Waals surface area contributed by atoms with Crippen LogP contribution in [0.1, 0.15) is 10.4 Å². The van der Waals surface area contributed by atoms with E-state index in [-0.39, 0.29) is 5.91 Å². The number of benzene rings is 2. The third-order valence-corrected chi connectivity index (χ3v) is 3.36. The molecule has 0 aliphatic rings. The van der Waals surface area contributed by atoms with E-state index in [1.807, 2.05) is 60.7 Å². The fourth-order valence-corrected chi connectivity index (χ4v) is 2.14. The first-order valence-electron chi connectivity index (χ1n) is 7.96. The molecule has 0 saturated heterocycles. The first-order chi connectivity index (χ1) is 12.3. The Kier molecular flexibility index (Phi) is 5.61. The number of nitrogens with one attached hydrogen (secondary N) is 1. The van der Waals surface area contributed by atoms with Gasteiger partial charge in [0.2, 0.25) is 5.88 Å². The summed E-state index contributed by atoms with van der Waals surface area (Å²) in [6, 6.07) is 22.2. The lowest BCUT2D eigenvalue weighted by Crippen LogP contribution is -2.28. The van der Waals surface area contributed by atoms with Gasteiger partial charge in [0.25, 0.3) is 5.91 Å². The Bertz CT molecular complexity index is 790. The van der Waals surface area contributed by atoms with E-state index < -0.39 is 0 Å². The van der Waals surface area contributed by atoms with Gasteiger partial charge in [-0.15, -0.1) is 0 Å². The van der Waals surface area contributed by atoms with E-state index in [0.717, 1.165) is 5.75 Å². The highest BCUT2D eigenvalue weighted by atomic mass is 16.5. The van der Waals surface area contributed by atoms with Crippen molar-refractivity contribution in [3.05, 3.63) is 84.6 Å². The van der Waals surface area contributed by atoms with Crippen molar-refractivity contribution < 1.29 is 14.3 Å². The molecule has 5 heteroatoms. The lowest BCUT2D eigenvalue weighted by Gasteiger charge is -2.08. The second-order valence-corrected chi connectivity index (χ2v) is 5.22. The molecule has 0 fully saturated rings. The molecule has 3 rings (SSSR count). The summed E-state index contributed by atoms with van der Waals surface area (Å²) < 4.78 is 11.1. The van der Waals surface area contributed by atoms with E-state index >= 15 is 0 Å². The highest BCUT2D eigenvalue weighted by molar-refractivity contribution is 5.93. The van der Waals surface area contributed by atoms with Gasteiger partial charge in [0.05, 0.1) is 12.1 Å². The van der Waals surface area contributed by atoms with Crippen LogP contribution in [0.25, 0.3) is 0 Å². The average molecular weight is 334 g/mol. The largest absolute Gasteiger partial charge is 0.492 e. The fourth-order valence-electron chi connectivity index (χ4n) is 2.14. The second-order valence-electron chi connectivity index (χ2n) is 5.22. The summed E-state index contributed by atoms with van der Waals surface area (Å²) in [6.45, 7) is 0.814. The van der Waals surface area contributed by atoms with Gasteiger partial charge >= 0.3 is 0 Å². The number of para-hydroxylation sites is 2. The Morgan fingerprint density at radius 2 is 1.56 bits per heavy atom. The van der Waals surface area contributed by atoms with E-state index in [1.54, 1.807) is 12.1 Å². The average Bonchev–Trinajstić information content (AvgIpc) is 2.67. The van der Waals surface area contributed by atoms with Gasteiger partial charge in [-0.25, -0.2) is 4.98 Å². The molecule has 3 aromatic rings. The molecular formula is C20H18N2O3. The topological polar surface area (TPSA) is 60.5 Å².